The highest BCUT2D eigenvalue weighted by Gasteiger charge is 2.37. The first-order valence-corrected chi connectivity index (χ1v) is 20.1. The van der Waals surface area contributed by atoms with E-state index < -0.39 is 0 Å². The van der Waals surface area contributed by atoms with E-state index in [4.69, 9.17) is 19.4 Å². The number of hydrogen-bond acceptors (Lipinski definition) is 4. The third kappa shape index (κ3) is 5.01. The zero-order valence-electron chi connectivity index (χ0n) is 32.5. The van der Waals surface area contributed by atoms with Crippen molar-refractivity contribution in [1.82, 2.24) is 19.5 Å². The Balaban J connectivity index is 1.17. The van der Waals surface area contributed by atoms with Crippen molar-refractivity contribution in [2.75, 3.05) is 0 Å². The van der Waals surface area contributed by atoms with Gasteiger partial charge >= 0.3 is 0 Å². The monoisotopic (exact) mass is 756 g/mol. The number of aromatic nitrogens is 4. The van der Waals surface area contributed by atoms with E-state index in [9.17, 15) is 0 Å². The molecule has 0 aliphatic heterocycles. The van der Waals surface area contributed by atoms with Gasteiger partial charge in [-0.15, -0.1) is 0 Å². The SMILES string of the molecule is CC1(C)c2ccccc2-c2c1ccc1c2c2ccccc2n1-c1cc(-c2ccccc2)c2oc3cccc(-c4nc(-c5ccccc5)nc(-c5ccccc5)n4)c3c2c1. The van der Waals surface area contributed by atoms with E-state index in [2.05, 4.69) is 128 Å². The fourth-order valence-electron chi connectivity index (χ4n) is 9.52. The summed E-state index contributed by atoms with van der Waals surface area (Å²) in [4.78, 5) is 15.3. The number of fused-ring (bicyclic) bond motifs is 10. The molecule has 3 heterocycles. The second-order valence-electron chi connectivity index (χ2n) is 16.0. The Morgan fingerprint density at radius 3 is 1.78 bits per heavy atom. The van der Waals surface area contributed by atoms with E-state index in [1.165, 1.54) is 38.5 Å². The molecule has 5 nitrogen and oxygen atoms in total. The highest BCUT2D eigenvalue weighted by Crippen LogP contribution is 2.53. The maximum Gasteiger partial charge on any atom is 0.164 e. The lowest BCUT2D eigenvalue weighted by atomic mass is 9.82. The van der Waals surface area contributed by atoms with Crippen molar-refractivity contribution in [2.45, 2.75) is 19.3 Å². The summed E-state index contributed by atoms with van der Waals surface area (Å²) in [6, 6.07) is 64.0. The number of rotatable bonds is 5. The Bertz CT molecular complexity index is 3400. The average Bonchev–Trinajstić information content (AvgIpc) is 3.92. The minimum atomic E-state index is -0.107. The Kier molecular flexibility index (Phi) is 7.20. The Labute approximate surface area is 340 Å². The van der Waals surface area contributed by atoms with Gasteiger partial charge in [-0.05, 0) is 58.1 Å². The predicted molar refractivity (Wildman–Crippen MR) is 241 cm³/mol. The number of para-hydroxylation sites is 1. The fraction of sp³-hybridized carbons (Fsp3) is 0.0556. The van der Waals surface area contributed by atoms with E-state index in [1.807, 2.05) is 72.8 Å². The van der Waals surface area contributed by atoms with Gasteiger partial charge in [0.15, 0.2) is 17.5 Å². The van der Waals surface area contributed by atoms with Crippen molar-refractivity contribution in [1.29, 1.82) is 0 Å². The maximum atomic E-state index is 6.92. The van der Waals surface area contributed by atoms with Crippen LogP contribution in [-0.2, 0) is 5.41 Å². The second-order valence-corrected chi connectivity index (χ2v) is 16.0. The molecule has 0 spiro atoms. The molecule has 278 valence electrons. The number of benzene rings is 8. The molecule has 0 fully saturated rings. The summed E-state index contributed by atoms with van der Waals surface area (Å²) < 4.78 is 9.36. The van der Waals surface area contributed by atoms with Gasteiger partial charge in [-0.1, -0.05) is 166 Å². The van der Waals surface area contributed by atoms with Gasteiger partial charge in [0, 0.05) is 54.9 Å². The summed E-state index contributed by atoms with van der Waals surface area (Å²) in [5, 5.41) is 4.47. The van der Waals surface area contributed by atoms with Crippen LogP contribution in [0.4, 0.5) is 0 Å². The lowest BCUT2D eigenvalue weighted by Crippen LogP contribution is -2.14. The molecular weight excluding hydrogens is 721 g/mol. The van der Waals surface area contributed by atoms with Gasteiger partial charge in [0.25, 0.3) is 0 Å². The minimum absolute atomic E-state index is 0.107. The lowest BCUT2D eigenvalue weighted by molar-refractivity contribution is 0.661. The van der Waals surface area contributed by atoms with Crippen LogP contribution in [0.5, 0.6) is 0 Å². The molecule has 0 saturated heterocycles. The quantitative estimate of drug-likeness (QED) is 0.175. The molecular formula is C54H36N4O. The zero-order chi connectivity index (χ0) is 39.2. The van der Waals surface area contributed by atoms with Crippen LogP contribution in [0.15, 0.2) is 186 Å². The van der Waals surface area contributed by atoms with Crippen LogP contribution in [-0.4, -0.2) is 19.5 Å². The first-order chi connectivity index (χ1) is 29.0. The normalized spacial score (nSPS) is 13.1. The van der Waals surface area contributed by atoms with Crippen molar-refractivity contribution in [3.8, 4) is 62.1 Å². The molecule has 0 atom stereocenters. The maximum absolute atomic E-state index is 6.92. The van der Waals surface area contributed by atoms with E-state index in [1.54, 1.807) is 0 Å². The van der Waals surface area contributed by atoms with Crippen molar-refractivity contribution < 1.29 is 4.42 Å². The van der Waals surface area contributed by atoms with Crippen LogP contribution in [0.1, 0.15) is 25.0 Å². The molecule has 8 aromatic carbocycles. The molecule has 1 aliphatic rings. The molecule has 0 unspecified atom stereocenters. The van der Waals surface area contributed by atoms with Crippen molar-refractivity contribution in [3.63, 3.8) is 0 Å². The minimum Gasteiger partial charge on any atom is -0.455 e. The van der Waals surface area contributed by atoms with Gasteiger partial charge in [0.1, 0.15) is 11.2 Å². The van der Waals surface area contributed by atoms with Crippen LogP contribution in [0.25, 0.3) is 106 Å². The molecule has 0 N–H and O–H groups in total. The fourth-order valence-corrected chi connectivity index (χ4v) is 9.52. The molecule has 1 aliphatic carbocycles. The van der Waals surface area contributed by atoms with Gasteiger partial charge in [-0.25, -0.2) is 15.0 Å². The molecule has 11 aromatic rings. The highest BCUT2D eigenvalue weighted by atomic mass is 16.3. The van der Waals surface area contributed by atoms with Crippen LogP contribution in [0, 0.1) is 0 Å². The molecule has 0 amide bonds. The molecule has 0 radical (unpaired) electrons. The number of nitrogens with zero attached hydrogens (tertiary/aromatic N) is 4. The predicted octanol–water partition coefficient (Wildman–Crippen LogP) is 13.8. The smallest absolute Gasteiger partial charge is 0.164 e. The summed E-state index contributed by atoms with van der Waals surface area (Å²) in [5.41, 5.74) is 15.1. The largest absolute Gasteiger partial charge is 0.455 e. The van der Waals surface area contributed by atoms with Crippen molar-refractivity contribution in [2.24, 2.45) is 0 Å². The molecule has 12 rings (SSSR count). The molecule has 0 bridgehead atoms. The number of hydrogen-bond donors (Lipinski definition) is 0. The second kappa shape index (κ2) is 12.7. The molecule has 0 saturated carbocycles. The summed E-state index contributed by atoms with van der Waals surface area (Å²) in [6.07, 6.45) is 0. The van der Waals surface area contributed by atoms with Crippen molar-refractivity contribution >= 4 is 43.7 Å². The molecule has 59 heavy (non-hydrogen) atoms. The van der Waals surface area contributed by atoms with Gasteiger partial charge in [0.05, 0.1) is 11.0 Å². The van der Waals surface area contributed by atoms with Crippen LogP contribution in [0.3, 0.4) is 0 Å². The lowest BCUT2D eigenvalue weighted by Gasteiger charge is -2.21. The summed E-state index contributed by atoms with van der Waals surface area (Å²) in [5.74, 6) is 1.83. The summed E-state index contributed by atoms with van der Waals surface area (Å²) in [7, 11) is 0. The summed E-state index contributed by atoms with van der Waals surface area (Å²) in [6.45, 7) is 4.70. The van der Waals surface area contributed by atoms with Gasteiger partial charge < -0.3 is 8.98 Å². The van der Waals surface area contributed by atoms with E-state index >= 15 is 0 Å². The Morgan fingerprint density at radius 2 is 1.05 bits per heavy atom. The Morgan fingerprint density at radius 1 is 0.441 bits per heavy atom. The average molecular weight is 757 g/mol. The van der Waals surface area contributed by atoms with E-state index in [0.29, 0.717) is 17.5 Å². The molecule has 5 heteroatoms. The van der Waals surface area contributed by atoms with Crippen LogP contribution < -0.4 is 0 Å². The third-order valence-electron chi connectivity index (χ3n) is 12.2. The zero-order valence-corrected chi connectivity index (χ0v) is 32.5. The van der Waals surface area contributed by atoms with Gasteiger partial charge in [0.2, 0.25) is 0 Å². The standard InChI is InChI=1S/C54H36N4O/c1-54(2)42-26-14-12-23-37(42)48-43(54)29-30-45-49(48)38-24-13-15-27-44(38)58(45)36-31-40(33-17-6-3-7-18-33)50-41(32-36)47-39(25-16-28-46(47)59-50)53-56-51(34-19-8-4-9-20-34)55-52(57-53)35-21-10-5-11-22-35/h3-32H,1-2H3. The van der Waals surface area contributed by atoms with E-state index in [0.717, 1.165) is 61.0 Å². The van der Waals surface area contributed by atoms with E-state index in [-0.39, 0.29) is 5.41 Å². The van der Waals surface area contributed by atoms with Crippen LogP contribution in [0.2, 0.25) is 0 Å². The van der Waals surface area contributed by atoms with Gasteiger partial charge in [-0.3, -0.25) is 0 Å². The first kappa shape index (κ1) is 33.5. The summed E-state index contributed by atoms with van der Waals surface area (Å²) >= 11 is 0. The highest BCUT2D eigenvalue weighted by molar-refractivity contribution is 6.19. The van der Waals surface area contributed by atoms with Crippen molar-refractivity contribution in [3.05, 3.63) is 193 Å². The molecule has 3 aromatic heterocycles. The van der Waals surface area contributed by atoms with Gasteiger partial charge in [-0.2, -0.15) is 0 Å². The topological polar surface area (TPSA) is 56.7 Å². The third-order valence-corrected chi connectivity index (χ3v) is 12.2. The first-order valence-electron chi connectivity index (χ1n) is 20.1. The van der Waals surface area contributed by atoms with Crippen LogP contribution >= 0.6 is 0 Å². The Hall–Kier alpha value is -7.63. The number of furan rings is 1.